The third-order valence-corrected chi connectivity index (χ3v) is 3.62. The first kappa shape index (κ1) is 15.9. The van der Waals surface area contributed by atoms with Crippen LogP contribution >= 0.6 is 12.2 Å². The molecule has 0 radical (unpaired) electrons. The predicted molar refractivity (Wildman–Crippen MR) is 88.8 cm³/mol. The lowest BCUT2D eigenvalue weighted by Gasteiger charge is -2.17. The van der Waals surface area contributed by atoms with Gasteiger partial charge in [0.25, 0.3) is 5.69 Å². The number of nitro groups is 1. The Kier molecular flexibility index (Phi) is 4.71. The standard InChI is InChI=1S/C14H17N5O2S/c1-9(13-8-15-18(3)10(13)2)16-14(22)17-11-5-4-6-12(7-11)19(20)21/h4-9H,1-3H3,(H2,16,17,22). The van der Waals surface area contributed by atoms with E-state index in [4.69, 9.17) is 12.2 Å². The number of non-ortho nitro benzene ring substituents is 1. The molecule has 1 unspecified atom stereocenters. The van der Waals surface area contributed by atoms with Gasteiger partial charge >= 0.3 is 0 Å². The molecular weight excluding hydrogens is 302 g/mol. The number of thiocarbonyl (C=S) groups is 1. The highest BCUT2D eigenvalue weighted by atomic mass is 32.1. The van der Waals surface area contributed by atoms with Crippen LogP contribution in [0.2, 0.25) is 0 Å². The fourth-order valence-corrected chi connectivity index (χ4v) is 2.37. The van der Waals surface area contributed by atoms with Crippen molar-refractivity contribution in [3.8, 4) is 0 Å². The van der Waals surface area contributed by atoms with E-state index >= 15 is 0 Å². The summed E-state index contributed by atoms with van der Waals surface area (Å²) in [6, 6.07) is 6.18. The van der Waals surface area contributed by atoms with Crippen molar-refractivity contribution in [2.75, 3.05) is 5.32 Å². The number of nitrogens with zero attached hydrogens (tertiary/aromatic N) is 3. The molecule has 2 aromatic rings. The SMILES string of the molecule is Cc1c(C(C)NC(=S)Nc2cccc([N+](=O)[O-])c2)cnn1C. The Bertz CT molecular complexity index is 713. The Labute approximate surface area is 133 Å². The Morgan fingerprint density at radius 3 is 2.82 bits per heavy atom. The lowest BCUT2D eigenvalue weighted by molar-refractivity contribution is -0.384. The summed E-state index contributed by atoms with van der Waals surface area (Å²) in [6.45, 7) is 3.96. The minimum atomic E-state index is -0.441. The van der Waals surface area contributed by atoms with Crippen LogP contribution < -0.4 is 10.6 Å². The van der Waals surface area contributed by atoms with Crippen LogP contribution in [0.3, 0.4) is 0 Å². The molecule has 1 heterocycles. The molecule has 0 aliphatic rings. The van der Waals surface area contributed by atoms with Crippen molar-refractivity contribution in [3.63, 3.8) is 0 Å². The zero-order chi connectivity index (χ0) is 16.3. The van der Waals surface area contributed by atoms with Crippen molar-refractivity contribution in [2.24, 2.45) is 7.05 Å². The van der Waals surface area contributed by atoms with Gasteiger partial charge in [0, 0.05) is 36.1 Å². The average molecular weight is 319 g/mol. The number of hydrogen-bond donors (Lipinski definition) is 2. The largest absolute Gasteiger partial charge is 0.356 e. The number of hydrogen-bond acceptors (Lipinski definition) is 4. The Balaban J connectivity index is 2.02. The van der Waals surface area contributed by atoms with Gasteiger partial charge in [-0.1, -0.05) is 6.07 Å². The van der Waals surface area contributed by atoms with Gasteiger partial charge in [-0.15, -0.1) is 0 Å². The fraction of sp³-hybridized carbons (Fsp3) is 0.286. The lowest BCUT2D eigenvalue weighted by atomic mass is 10.1. The van der Waals surface area contributed by atoms with Gasteiger partial charge in [0.1, 0.15) is 0 Å². The molecule has 2 N–H and O–H groups in total. The molecule has 22 heavy (non-hydrogen) atoms. The van der Waals surface area contributed by atoms with Crippen LogP contribution in [0.25, 0.3) is 0 Å². The number of rotatable bonds is 4. The fourth-order valence-electron chi connectivity index (χ4n) is 2.08. The molecule has 1 atom stereocenters. The number of nitro benzene ring substituents is 1. The smallest absolute Gasteiger partial charge is 0.271 e. The topological polar surface area (TPSA) is 85.0 Å². The quantitative estimate of drug-likeness (QED) is 0.512. The van der Waals surface area contributed by atoms with Gasteiger partial charge in [0.15, 0.2) is 5.11 Å². The van der Waals surface area contributed by atoms with E-state index in [0.29, 0.717) is 10.8 Å². The van der Waals surface area contributed by atoms with Crippen molar-refractivity contribution < 1.29 is 4.92 Å². The molecule has 7 nitrogen and oxygen atoms in total. The number of anilines is 1. The maximum atomic E-state index is 10.8. The predicted octanol–water partition coefficient (Wildman–Crippen LogP) is 2.68. The van der Waals surface area contributed by atoms with Crippen LogP contribution in [-0.2, 0) is 7.05 Å². The van der Waals surface area contributed by atoms with Crippen LogP contribution in [0.15, 0.2) is 30.5 Å². The molecule has 8 heteroatoms. The van der Waals surface area contributed by atoms with E-state index in [1.165, 1.54) is 12.1 Å². The van der Waals surface area contributed by atoms with Crippen LogP contribution in [-0.4, -0.2) is 19.8 Å². The van der Waals surface area contributed by atoms with Crippen molar-refractivity contribution in [2.45, 2.75) is 19.9 Å². The summed E-state index contributed by atoms with van der Waals surface area (Å²) in [5.74, 6) is 0. The van der Waals surface area contributed by atoms with Crippen molar-refractivity contribution in [3.05, 3.63) is 51.8 Å². The lowest BCUT2D eigenvalue weighted by Crippen LogP contribution is -2.31. The van der Waals surface area contributed by atoms with Gasteiger partial charge in [0.2, 0.25) is 0 Å². The molecule has 0 bridgehead atoms. The zero-order valence-electron chi connectivity index (χ0n) is 12.5. The average Bonchev–Trinajstić information content (AvgIpc) is 2.79. The van der Waals surface area contributed by atoms with E-state index in [-0.39, 0.29) is 11.7 Å². The second kappa shape index (κ2) is 6.52. The van der Waals surface area contributed by atoms with Gasteiger partial charge in [-0.2, -0.15) is 5.10 Å². The first-order valence-corrected chi connectivity index (χ1v) is 7.09. The summed E-state index contributed by atoms with van der Waals surface area (Å²) >= 11 is 5.25. The number of benzene rings is 1. The second-order valence-corrected chi connectivity index (χ2v) is 5.34. The molecular formula is C14H17N5O2S. The van der Waals surface area contributed by atoms with E-state index < -0.39 is 4.92 Å². The third-order valence-electron chi connectivity index (χ3n) is 3.40. The van der Waals surface area contributed by atoms with E-state index in [2.05, 4.69) is 15.7 Å². The number of aryl methyl sites for hydroxylation is 1. The van der Waals surface area contributed by atoms with Crippen LogP contribution in [0.1, 0.15) is 24.2 Å². The third kappa shape index (κ3) is 3.59. The molecule has 0 aliphatic carbocycles. The second-order valence-electron chi connectivity index (χ2n) is 4.94. The summed E-state index contributed by atoms with van der Waals surface area (Å²) in [4.78, 5) is 10.3. The van der Waals surface area contributed by atoms with E-state index in [1.807, 2.05) is 20.9 Å². The molecule has 0 aliphatic heterocycles. The minimum absolute atomic E-state index is 0.0175. The summed E-state index contributed by atoms with van der Waals surface area (Å²) in [5, 5.41) is 21.5. The molecule has 1 aromatic carbocycles. The highest BCUT2D eigenvalue weighted by Crippen LogP contribution is 2.18. The normalized spacial score (nSPS) is 11.8. The Hall–Kier alpha value is -2.48. The minimum Gasteiger partial charge on any atom is -0.356 e. The summed E-state index contributed by atoms with van der Waals surface area (Å²) in [6.07, 6.45) is 1.79. The van der Waals surface area contributed by atoms with Crippen molar-refractivity contribution in [1.82, 2.24) is 15.1 Å². The number of aromatic nitrogens is 2. The molecule has 0 saturated heterocycles. The molecule has 0 saturated carbocycles. The Morgan fingerprint density at radius 1 is 1.50 bits per heavy atom. The van der Waals surface area contributed by atoms with E-state index in [9.17, 15) is 10.1 Å². The first-order chi connectivity index (χ1) is 10.4. The van der Waals surface area contributed by atoms with Gasteiger partial charge in [0.05, 0.1) is 17.2 Å². The summed E-state index contributed by atoms with van der Waals surface area (Å²) in [7, 11) is 1.88. The molecule has 2 rings (SSSR count). The van der Waals surface area contributed by atoms with Crippen LogP contribution in [0, 0.1) is 17.0 Å². The molecule has 116 valence electrons. The van der Waals surface area contributed by atoms with Crippen molar-refractivity contribution >= 4 is 28.7 Å². The van der Waals surface area contributed by atoms with E-state index in [0.717, 1.165) is 11.3 Å². The number of nitrogens with one attached hydrogen (secondary N) is 2. The molecule has 1 aromatic heterocycles. The highest BCUT2D eigenvalue weighted by molar-refractivity contribution is 7.80. The first-order valence-electron chi connectivity index (χ1n) is 6.69. The zero-order valence-corrected chi connectivity index (χ0v) is 13.3. The van der Waals surface area contributed by atoms with Gasteiger partial charge in [-0.05, 0) is 32.1 Å². The molecule has 0 spiro atoms. The summed E-state index contributed by atoms with van der Waals surface area (Å²) < 4.78 is 1.80. The van der Waals surface area contributed by atoms with Gasteiger partial charge in [-0.25, -0.2) is 0 Å². The molecule has 0 amide bonds. The van der Waals surface area contributed by atoms with Crippen LogP contribution in [0.5, 0.6) is 0 Å². The monoisotopic (exact) mass is 319 g/mol. The molecule has 0 fully saturated rings. The highest BCUT2D eigenvalue weighted by Gasteiger charge is 2.13. The maximum Gasteiger partial charge on any atom is 0.271 e. The Morgan fingerprint density at radius 2 is 2.23 bits per heavy atom. The van der Waals surface area contributed by atoms with Gasteiger partial charge < -0.3 is 10.6 Å². The van der Waals surface area contributed by atoms with Gasteiger partial charge in [-0.3, -0.25) is 14.8 Å². The van der Waals surface area contributed by atoms with E-state index in [1.54, 1.807) is 23.0 Å². The van der Waals surface area contributed by atoms with Crippen LogP contribution in [0.4, 0.5) is 11.4 Å². The van der Waals surface area contributed by atoms with Crippen molar-refractivity contribution in [1.29, 1.82) is 0 Å². The summed E-state index contributed by atoms with van der Waals surface area (Å²) in [5.41, 5.74) is 2.69. The maximum absolute atomic E-state index is 10.8.